The number of methoxy groups -OCH3 is 1. The van der Waals surface area contributed by atoms with E-state index >= 15 is 0 Å². The maximum absolute atomic E-state index is 13.1. The van der Waals surface area contributed by atoms with Gasteiger partial charge in [0.15, 0.2) is 0 Å². The topological polar surface area (TPSA) is 68.3 Å². The summed E-state index contributed by atoms with van der Waals surface area (Å²) in [6, 6.07) is 13.1. The van der Waals surface area contributed by atoms with Crippen LogP contribution in [-0.4, -0.2) is 20.5 Å². The number of hydrogen-bond acceptors (Lipinski definition) is 5. The van der Waals surface area contributed by atoms with Crippen molar-refractivity contribution >= 4 is 37.1 Å². The largest absolute Gasteiger partial charge is 0.496 e. The minimum Gasteiger partial charge on any atom is -0.496 e. The number of fused-ring (bicyclic) bond motifs is 1. The number of aromatic nitrogens is 1. The third kappa shape index (κ3) is 4.21. The van der Waals surface area contributed by atoms with E-state index in [2.05, 4.69) is 9.71 Å². The number of nitrogens with zero attached hydrogens (tertiary/aromatic N) is 1. The zero-order chi connectivity index (χ0) is 22.2. The van der Waals surface area contributed by atoms with Crippen LogP contribution in [0.5, 0.6) is 5.75 Å². The highest BCUT2D eigenvalue weighted by molar-refractivity contribution is 7.93. The monoisotopic (exact) mass is 464 g/mol. The number of nitrogens with one attached hydrogen (secondary N) is 1. The molecule has 0 bridgehead atoms. The van der Waals surface area contributed by atoms with E-state index in [0.29, 0.717) is 26.9 Å². The maximum atomic E-state index is 13.1. The van der Waals surface area contributed by atoms with Gasteiger partial charge < -0.3 is 4.74 Å². The number of anilines is 1. The molecule has 4 aromatic rings. The number of hydrogen-bond donors (Lipinski definition) is 1. The van der Waals surface area contributed by atoms with Crippen molar-refractivity contribution in [2.45, 2.75) is 11.1 Å². The highest BCUT2D eigenvalue weighted by atomic mass is 32.2. The first kappa shape index (κ1) is 21.1. The van der Waals surface area contributed by atoms with Gasteiger partial charge in [0.1, 0.15) is 10.8 Å². The number of sulfonamides is 1. The molecule has 0 unspecified atom stereocenters. The second-order valence-corrected chi connectivity index (χ2v) is 9.14. The lowest BCUT2D eigenvalue weighted by Crippen LogP contribution is -2.11. The lowest BCUT2D eigenvalue weighted by molar-refractivity contribution is -0.137. The van der Waals surface area contributed by atoms with Gasteiger partial charge in [0.25, 0.3) is 10.0 Å². The fourth-order valence-electron chi connectivity index (χ4n) is 3.21. The van der Waals surface area contributed by atoms with Gasteiger partial charge in [-0.2, -0.15) is 13.2 Å². The molecule has 0 radical (unpaired) electrons. The van der Waals surface area contributed by atoms with E-state index in [4.69, 9.17) is 4.74 Å². The number of halogens is 3. The fraction of sp³-hybridized carbons (Fsp3) is 0.0952. The Morgan fingerprint density at radius 2 is 1.84 bits per heavy atom. The molecule has 1 N–H and O–H groups in total. The van der Waals surface area contributed by atoms with Gasteiger partial charge in [-0.05, 0) is 40.6 Å². The third-order valence-corrected chi connectivity index (χ3v) is 6.83. The molecule has 10 heteroatoms. The molecule has 1 heterocycles. The average molecular weight is 464 g/mol. The first-order chi connectivity index (χ1) is 14.7. The van der Waals surface area contributed by atoms with Gasteiger partial charge in [-0.15, -0.1) is 11.3 Å². The zero-order valence-corrected chi connectivity index (χ0v) is 17.6. The fourth-order valence-corrected chi connectivity index (χ4v) is 5.05. The minimum absolute atomic E-state index is 0.0601. The smallest absolute Gasteiger partial charge is 0.416 e. The van der Waals surface area contributed by atoms with Crippen LogP contribution < -0.4 is 9.46 Å². The Morgan fingerprint density at radius 3 is 2.52 bits per heavy atom. The average Bonchev–Trinajstić information content (AvgIpc) is 3.24. The van der Waals surface area contributed by atoms with E-state index < -0.39 is 21.8 Å². The Morgan fingerprint density at radius 1 is 1.03 bits per heavy atom. The molecule has 0 atom stereocenters. The lowest BCUT2D eigenvalue weighted by Gasteiger charge is -2.15. The van der Waals surface area contributed by atoms with Gasteiger partial charge in [0, 0.05) is 5.56 Å². The van der Waals surface area contributed by atoms with Crippen molar-refractivity contribution in [1.29, 1.82) is 0 Å². The Kier molecular flexibility index (Phi) is 5.36. The molecule has 1 aromatic heterocycles. The molecule has 160 valence electrons. The summed E-state index contributed by atoms with van der Waals surface area (Å²) in [5.41, 5.74) is 1.81. The Bertz CT molecular complexity index is 1350. The van der Waals surface area contributed by atoms with Gasteiger partial charge in [-0.1, -0.05) is 30.3 Å². The molecule has 0 saturated heterocycles. The number of rotatable bonds is 5. The summed E-state index contributed by atoms with van der Waals surface area (Å²) in [4.78, 5) is 3.90. The molecular formula is C21H15F3N2O3S2. The van der Waals surface area contributed by atoms with E-state index in [-0.39, 0.29) is 10.6 Å². The van der Waals surface area contributed by atoms with E-state index in [1.807, 2.05) is 0 Å². The summed E-state index contributed by atoms with van der Waals surface area (Å²) < 4.78 is 72.2. The van der Waals surface area contributed by atoms with Crippen LogP contribution in [0.1, 0.15) is 5.56 Å². The molecule has 0 fully saturated rings. The van der Waals surface area contributed by atoms with Crippen molar-refractivity contribution in [3.63, 3.8) is 0 Å². The van der Waals surface area contributed by atoms with Crippen molar-refractivity contribution in [3.05, 3.63) is 71.9 Å². The summed E-state index contributed by atoms with van der Waals surface area (Å²) in [7, 11) is -2.51. The summed E-state index contributed by atoms with van der Waals surface area (Å²) >= 11 is 1.16. The van der Waals surface area contributed by atoms with E-state index in [0.717, 1.165) is 23.5 Å². The Hall–Kier alpha value is -3.11. The van der Waals surface area contributed by atoms with Gasteiger partial charge >= 0.3 is 6.18 Å². The molecule has 0 saturated carbocycles. The van der Waals surface area contributed by atoms with Crippen LogP contribution in [0.3, 0.4) is 0 Å². The summed E-state index contributed by atoms with van der Waals surface area (Å²) in [6.07, 6.45) is -3.07. The predicted octanol–water partition coefficient (Wildman–Crippen LogP) is 5.79. The van der Waals surface area contributed by atoms with Crippen molar-refractivity contribution in [1.82, 2.24) is 4.98 Å². The molecule has 0 spiro atoms. The van der Waals surface area contributed by atoms with Crippen molar-refractivity contribution in [2.75, 3.05) is 11.8 Å². The Balaban J connectivity index is 1.79. The first-order valence-corrected chi connectivity index (χ1v) is 11.2. The molecular weight excluding hydrogens is 449 g/mol. The normalized spacial score (nSPS) is 12.1. The molecule has 31 heavy (non-hydrogen) atoms. The van der Waals surface area contributed by atoms with E-state index in [1.54, 1.807) is 24.3 Å². The van der Waals surface area contributed by atoms with Gasteiger partial charge in [0.05, 0.1) is 29.3 Å². The quantitative estimate of drug-likeness (QED) is 0.406. The predicted molar refractivity (Wildman–Crippen MR) is 114 cm³/mol. The van der Waals surface area contributed by atoms with Crippen LogP contribution in [0.15, 0.2) is 71.2 Å². The molecule has 0 aliphatic rings. The summed E-state index contributed by atoms with van der Waals surface area (Å²) in [5.74, 6) is 0.0749. The van der Waals surface area contributed by atoms with Crippen LogP contribution >= 0.6 is 11.3 Å². The van der Waals surface area contributed by atoms with Crippen molar-refractivity contribution in [2.24, 2.45) is 0 Å². The highest BCUT2D eigenvalue weighted by Gasteiger charge is 2.31. The van der Waals surface area contributed by atoms with E-state index in [9.17, 15) is 21.6 Å². The number of alkyl halides is 3. The van der Waals surface area contributed by atoms with Crippen LogP contribution in [0, 0.1) is 0 Å². The number of benzene rings is 3. The van der Waals surface area contributed by atoms with Gasteiger partial charge in [0.2, 0.25) is 0 Å². The molecule has 0 amide bonds. The third-order valence-electron chi connectivity index (χ3n) is 4.65. The number of ether oxygens (including phenoxy) is 1. The molecule has 0 aliphatic heterocycles. The zero-order valence-electron chi connectivity index (χ0n) is 16.0. The minimum atomic E-state index is -4.49. The Labute approximate surface area is 180 Å². The van der Waals surface area contributed by atoms with Crippen LogP contribution in [0.4, 0.5) is 18.2 Å². The molecule has 0 aliphatic carbocycles. The lowest BCUT2D eigenvalue weighted by atomic mass is 9.96. The highest BCUT2D eigenvalue weighted by Crippen LogP contribution is 2.39. The van der Waals surface area contributed by atoms with Crippen LogP contribution in [0.25, 0.3) is 21.9 Å². The molecule has 4 rings (SSSR count). The van der Waals surface area contributed by atoms with Gasteiger partial charge in [-0.3, -0.25) is 9.71 Å². The van der Waals surface area contributed by atoms with Crippen molar-refractivity contribution in [3.8, 4) is 16.9 Å². The summed E-state index contributed by atoms with van der Waals surface area (Å²) in [5, 5.41) is 1.69. The molecule has 3 aromatic carbocycles. The SMILES string of the molecule is COc1cc(C(F)(F)F)ccc1-c1cccc2cc(S(=O)(=O)Nc3cncs3)ccc12. The van der Waals surface area contributed by atoms with Crippen LogP contribution in [-0.2, 0) is 16.2 Å². The van der Waals surface area contributed by atoms with Crippen molar-refractivity contribution < 1.29 is 26.3 Å². The number of thiazole rings is 1. The van der Waals surface area contributed by atoms with Gasteiger partial charge in [-0.25, -0.2) is 8.42 Å². The second-order valence-electron chi connectivity index (χ2n) is 6.57. The van der Waals surface area contributed by atoms with E-state index in [1.165, 1.54) is 37.0 Å². The second kappa shape index (κ2) is 7.86. The first-order valence-electron chi connectivity index (χ1n) is 8.89. The maximum Gasteiger partial charge on any atom is 0.416 e. The van der Waals surface area contributed by atoms with Crippen LogP contribution in [0.2, 0.25) is 0 Å². The standard InChI is InChI=1S/C21H15F3N2O3S2/c1-29-19-10-14(21(22,23)24)5-7-18(19)17-4-2-3-13-9-15(6-8-16(13)17)31(27,28)26-20-11-25-12-30-20/h2-12,26H,1H3. The molecule has 5 nitrogen and oxygen atoms in total. The summed E-state index contributed by atoms with van der Waals surface area (Å²) in [6.45, 7) is 0.